The Morgan fingerprint density at radius 2 is 1.97 bits per heavy atom. The lowest BCUT2D eigenvalue weighted by Crippen LogP contribution is -2.52. The highest BCUT2D eigenvalue weighted by molar-refractivity contribution is 6.05. The van der Waals surface area contributed by atoms with Crippen molar-refractivity contribution in [2.45, 2.75) is 69.7 Å². The van der Waals surface area contributed by atoms with Crippen LogP contribution in [0.25, 0.3) is 0 Å². The number of amides is 3. The molecule has 7 heteroatoms. The fraction of sp³-hybridized carbons (Fsp3) is 0.591. The second-order valence-corrected chi connectivity index (χ2v) is 8.85. The van der Waals surface area contributed by atoms with Crippen molar-refractivity contribution in [3.8, 4) is 0 Å². The van der Waals surface area contributed by atoms with Crippen molar-refractivity contribution in [1.82, 2.24) is 20.9 Å². The number of piperidine rings is 2. The normalized spacial score (nSPS) is 29.7. The molecular formula is C22H28N4O3. The van der Waals surface area contributed by atoms with Crippen LogP contribution in [0.5, 0.6) is 0 Å². The first-order valence-electron chi connectivity index (χ1n) is 10.8. The van der Waals surface area contributed by atoms with E-state index in [-0.39, 0.29) is 24.1 Å². The van der Waals surface area contributed by atoms with Crippen LogP contribution in [0, 0.1) is 5.92 Å². The molecule has 3 atom stereocenters. The van der Waals surface area contributed by atoms with Crippen molar-refractivity contribution in [2.75, 3.05) is 6.54 Å². The molecule has 7 nitrogen and oxygen atoms in total. The monoisotopic (exact) mass is 396 g/mol. The Bertz CT molecular complexity index is 850. The molecule has 4 aliphatic rings. The van der Waals surface area contributed by atoms with Gasteiger partial charge in [0.05, 0.1) is 0 Å². The van der Waals surface area contributed by atoms with Crippen molar-refractivity contribution < 1.29 is 14.4 Å². The molecule has 1 aliphatic carbocycles. The average molecular weight is 396 g/mol. The molecule has 3 aliphatic heterocycles. The molecule has 1 aromatic carbocycles. The van der Waals surface area contributed by atoms with Crippen LogP contribution in [0.15, 0.2) is 18.2 Å². The predicted molar refractivity (Wildman–Crippen MR) is 107 cm³/mol. The van der Waals surface area contributed by atoms with E-state index in [1.807, 2.05) is 18.2 Å². The standard InChI is InChI=1S/C22H28N4O3/c27-19-7-6-18(21(28)25-19)26-12-15-3-1-2-14(20(15)22(26)29)11-24-16-8-9-23-17(10-16)13-4-5-13/h1-3,13,16-18,23-24H,4-12H2,(H,25,27,28). The minimum atomic E-state index is -0.558. The highest BCUT2D eigenvalue weighted by Gasteiger charge is 2.40. The molecule has 1 saturated carbocycles. The number of fused-ring (bicyclic) bond motifs is 1. The van der Waals surface area contributed by atoms with Crippen molar-refractivity contribution in [3.05, 3.63) is 34.9 Å². The van der Waals surface area contributed by atoms with Crippen LogP contribution in [0.2, 0.25) is 0 Å². The largest absolute Gasteiger partial charge is 0.322 e. The van der Waals surface area contributed by atoms with Crippen LogP contribution in [-0.2, 0) is 22.7 Å². The Morgan fingerprint density at radius 3 is 2.76 bits per heavy atom. The van der Waals surface area contributed by atoms with Crippen molar-refractivity contribution >= 4 is 17.7 Å². The van der Waals surface area contributed by atoms with Crippen molar-refractivity contribution in [2.24, 2.45) is 5.92 Å². The summed E-state index contributed by atoms with van der Waals surface area (Å²) in [6.07, 6.45) is 5.63. The third-order valence-electron chi connectivity index (χ3n) is 6.85. The molecule has 1 aromatic rings. The number of hydrogen-bond acceptors (Lipinski definition) is 5. The molecule has 3 fully saturated rings. The minimum Gasteiger partial charge on any atom is -0.322 e. The maximum absolute atomic E-state index is 13.2. The van der Waals surface area contributed by atoms with E-state index in [1.165, 1.54) is 12.8 Å². The van der Waals surface area contributed by atoms with E-state index in [4.69, 9.17) is 0 Å². The molecule has 0 radical (unpaired) electrons. The van der Waals surface area contributed by atoms with Crippen LogP contribution in [0.3, 0.4) is 0 Å². The third kappa shape index (κ3) is 3.69. The second kappa shape index (κ2) is 7.54. The fourth-order valence-corrected chi connectivity index (χ4v) is 5.09. The Balaban J connectivity index is 1.27. The Labute approximate surface area is 170 Å². The van der Waals surface area contributed by atoms with Gasteiger partial charge in [0.1, 0.15) is 6.04 Å². The molecule has 0 spiro atoms. The number of benzene rings is 1. The van der Waals surface area contributed by atoms with E-state index in [0.29, 0.717) is 31.6 Å². The molecule has 3 N–H and O–H groups in total. The summed E-state index contributed by atoms with van der Waals surface area (Å²) in [5, 5.41) is 9.68. The smallest absolute Gasteiger partial charge is 0.255 e. The number of nitrogens with zero attached hydrogens (tertiary/aromatic N) is 1. The van der Waals surface area contributed by atoms with Gasteiger partial charge in [-0.25, -0.2) is 0 Å². The van der Waals surface area contributed by atoms with Gasteiger partial charge in [0.25, 0.3) is 5.91 Å². The number of hydrogen-bond donors (Lipinski definition) is 3. The fourth-order valence-electron chi connectivity index (χ4n) is 5.09. The molecule has 3 unspecified atom stereocenters. The van der Waals surface area contributed by atoms with E-state index in [0.717, 1.165) is 42.0 Å². The van der Waals surface area contributed by atoms with Gasteiger partial charge in [0, 0.05) is 37.2 Å². The van der Waals surface area contributed by atoms with Crippen LogP contribution >= 0.6 is 0 Å². The summed E-state index contributed by atoms with van der Waals surface area (Å²) in [5.74, 6) is 0.145. The lowest BCUT2D eigenvalue weighted by atomic mass is 9.95. The number of carbonyl (C=O) groups excluding carboxylic acids is 3. The van der Waals surface area contributed by atoms with Crippen molar-refractivity contribution in [3.63, 3.8) is 0 Å². The summed E-state index contributed by atoms with van der Waals surface area (Å²) >= 11 is 0. The van der Waals surface area contributed by atoms with E-state index >= 15 is 0 Å². The summed E-state index contributed by atoms with van der Waals surface area (Å²) in [6.45, 7) is 2.15. The first-order valence-corrected chi connectivity index (χ1v) is 10.8. The molecule has 3 amide bonds. The van der Waals surface area contributed by atoms with Gasteiger partial charge in [-0.15, -0.1) is 0 Å². The van der Waals surface area contributed by atoms with Gasteiger partial charge in [0.2, 0.25) is 11.8 Å². The van der Waals surface area contributed by atoms with E-state index in [1.54, 1.807) is 4.90 Å². The summed E-state index contributed by atoms with van der Waals surface area (Å²) in [4.78, 5) is 38.5. The zero-order valence-corrected chi connectivity index (χ0v) is 16.6. The Kier molecular flexibility index (Phi) is 4.87. The molecule has 0 bridgehead atoms. The van der Waals surface area contributed by atoms with Gasteiger partial charge in [0.15, 0.2) is 0 Å². The minimum absolute atomic E-state index is 0.0898. The zero-order chi connectivity index (χ0) is 20.0. The maximum atomic E-state index is 13.2. The summed E-state index contributed by atoms with van der Waals surface area (Å²) < 4.78 is 0. The SMILES string of the molecule is O=C1CCC(N2Cc3cccc(CNC4CCNC(C5CC5)C4)c3C2=O)C(=O)N1. The first kappa shape index (κ1) is 18.8. The van der Waals surface area contributed by atoms with Crippen molar-refractivity contribution in [1.29, 1.82) is 0 Å². The van der Waals surface area contributed by atoms with Gasteiger partial charge in [-0.05, 0) is 55.7 Å². The molecule has 154 valence electrons. The van der Waals surface area contributed by atoms with E-state index < -0.39 is 6.04 Å². The van der Waals surface area contributed by atoms with Gasteiger partial charge >= 0.3 is 0 Å². The van der Waals surface area contributed by atoms with Gasteiger partial charge < -0.3 is 15.5 Å². The molecule has 3 heterocycles. The van der Waals surface area contributed by atoms with Crippen LogP contribution < -0.4 is 16.0 Å². The first-order chi connectivity index (χ1) is 14.1. The van der Waals surface area contributed by atoms with Crippen LogP contribution in [0.4, 0.5) is 0 Å². The Hall–Kier alpha value is -2.25. The number of nitrogens with one attached hydrogen (secondary N) is 3. The molecule has 29 heavy (non-hydrogen) atoms. The highest BCUT2D eigenvalue weighted by Crippen LogP contribution is 2.36. The van der Waals surface area contributed by atoms with E-state index in [2.05, 4.69) is 16.0 Å². The highest BCUT2D eigenvalue weighted by atomic mass is 16.2. The summed E-state index contributed by atoms with van der Waals surface area (Å²) in [6, 6.07) is 6.52. The summed E-state index contributed by atoms with van der Waals surface area (Å²) in [5.41, 5.74) is 2.71. The average Bonchev–Trinajstić information content (AvgIpc) is 3.51. The second-order valence-electron chi connectivity index (χ2n) is 8.85. The molecule has 5 rings (SSSR count). The number of imide groups is 1. The molecular weight excluding hydrogens is 368 g/mol. The summed E-state index contributed by atoms with van der Waals surface area (Å²) in [7, 11) is 0. The topological polar surface area (TPSA) is 90.5 Å². The van der Waals surface area contributed by atoms with Gasteiger partial charge in [-0.1, -0.05) is 18.2 Å². The van der Waals surface area contributed by atoms with Crippen LogP contribution in [0.1, 0.15) is 60.0 Å². The lowest BCUT2D eigenvalue weighted by molar-refractivity contribution is -0.136. The maximum Gasteiger partial charge on any atom is 0.255 e. The number of carbonyl (C=O) groups is 3. The predicted octanol–water partition coefficient (Wildman–Crippen LogP) is 1.07. The lowest BCUT2D eigenvalue weighted by Gasteiger charge is -2.31. The van der Waals surface area contributed by atoms with E-state index in [9.17, 15) is 14.4 Å². The third-order valence-corrected chi connectivity index (χ3v) is 6.85. The van der Waals surface area contributed by atoms with Crippen LogP contribution in [-0.4, -0.2) is 47.3 Å². The van der Waals surface area contributed by atoms with Gasteiger partial charge in [-0.2, -0.15) is 0 Å². The quantitative estimate of drug-likeness (QED) is 0.648. The number of rotatable bonds is 5. The Morgan fingerprint density at radius 1 is 1.10 bits per heavy atom. The van der Waals surface area contributed by atoms with Gasteiger partial charge in [-0.3, -0.25) is 19.7 Å². The molecule has 0 aromatic heterocycles. The zero-order valence-electron chi connectivity index (χ0n) is 16.6. The molecule has 2 saturated heterocycles.